The number of carboxylic acids is 1. The van der Waals surface area contributed by atoms with E-state index in [-0.39, 0.29) is 36.0 Å². The maximum absolute atomic E-state index is 13.9. The zero-order chi connectivity index (χ0) is 31.7. The summed E-state index contributed by atoms with van der Waals surface area (Å²) in [6, 6.07) is 10.3. The molecule has 1 aromatic heterocycles. The van der Waals surface area contributed by atoms with Crippen LogP contribution in [0, 0.1) is 6.92 Å². The van der Waals surface area contributed by atoms with Gasteiger partial charge < -0.3 is 19.6 Å². The van der Waals surface area contributed by atoms with Crippen molar-refractivity contribution < 1.29 is 41.0 Å². The van der Waals surface area contributed by atoms with Gasteiger partial charge in [0.15, 0.2) is 5.13 Å². The van der Waals surface area contributed by atoms with Crippen LogP contribution in [0.3, 0.4) is 0 Å². The molecule has 1 atom stereocenters. The highest BCUT2D eigenvalue weighted by atomic mass is 32.2. The lowest BCUT2D eigenvalue weighted by atomic mass is 10.0. The van der Waals surface area contributed by atoms with Crippen LogP contribution in [0.5, 0.6) is 5.75 Å². The molecule has 1 fully saturated rings. The number of rotatable bonds is 9. The number of nitrogens with zero attached hydrogens (tertiary/aromatic N) is 4. The third-order valence-electron chi connectivity index (χ3n) is 6.97. The Kier molecular flexibility index (Phi) is 9.37. The van der Waals surface area contributed by atoms with E-state index in [4.69, 9.17) is 0 Å². The van der Waals surface area contributed by atoms with Crippen molar-refractivity contribution in [2.75, 3.05) is 31.6 Å². The summed E-state index contributed by atoms with van der Waals surface area (Å²) in [5, 5.41) is 9.81. The fourth-order valence-corrected chi connectivity index (χ4v) is 7.21. The number of hydrogen-bond donors (Lipinski definition) is 1. The minimum atomic E-state index is -4.94. The number of halogens is 3. The van der Waals surface area contributed by atoms with E-state index in [0.29, 0.717) is 16.7 Å². The topological polar surface area (TPSA) is 120 Å². The maximum Gasteiger partial charge on any atom is 0.573 e. The lowest BCUT2D eigenvalue weighted by Gasteiger charge is -2.40. The molecule has 0 bridgehead atoms. The second kappa shape index (κ2) is 12.5. The number of carbonyl (C=O) groups excluding carboxylic acids is 1. The maximum atomic E-state index is 13.9. The first-order valence-corrected chi connectivity index (χ1v) is 15.5. The van der Waals surface area contributed by atoms with E-state index >= 15 is 0 Å². The van der Waals surface area contributed by atoms with Crippen LogP contribution in [-0.4, -0.2) is 78.7 Å². The van der Waals surface area contributed by atoms with Gasteiger partial charge in [-0.3, -0.25) is 4.79 Å². The second-order valence-corrected chi connectivity index (χ2v) is 13.3. The first-order valence-electron chi connectivity index (χ1n) is 13.2. The van der Waals surface area contributed by atoms with E-state index in [0.717, 1.165) is 51.0 Å². The molecule has 1 saturated heterocycles. The molecule has 1 unspecified atom stereocenters. The van der Waals surface area contributed by atoms with Crippen LogP contribution in [0.15, 0.2) is 53.4 Å². The number of hydrogen-bond acceptors (Lipinski definition) is 8. The molecular weight excluding hydrogens is 609 g/mol. The highest BCUT2D eigenvalue weighted by molar-refractivity contribution is 7.89. The molecule has 0 spiro atoms. The molecule has 43 heavy (non-hydrogen) atoms. The molecule has 15 heteroatoms. The van der Waals surface area contributed by atoms with Crippen molar-refractivity contribution in [1.29, 1.82) is 0 Å². The number of carboxylic acid groups (broad SMARTS) is 1. The zero-order valence-electron chi connectivity index (χ0n) is 23.8. The number of piperazine rings is 1. The molecule has 1 aliphatic rings. The number of benzene rings is 2. The lowest BCUT2D eigenvalue weighted by molar-refractivity contribution is -0.274. The molecular formula is C28H31F3N4O6S2. The molecule has 10 nitrogen and oxygen atoms in total. The number of thiazole rings is 1. The largest absolute Gasteiger partial charge is 0.573 e. The summed E-state index contributed by atoms with van der Waals surface area (Å²) >= 11 is 0.930. The Hall–Kier alpha value is -3.69. The monoisotopic (exact) mass is 640 g/mol. The van der Waals surface area contributed by atoms with Gasteiger partial charge in [-0.2, -0.15) is 4.31 Å². The van der Waals surface area contributed by atoms with Crippen LogP contribution in [0.2, 0.25) is 0 Å². The van der Waals surface area contributed by atoms with Gasteiger partial charge in [0.05, 0.1) is 10.6 Å². The number of likely N-dealkylation sites (N-methyl/N-ethyl adjacent to an activating group) is 1. The van der Waals surface area contributed by atoms with Crippen molar-refractivity contribution in [2.45, 2.75) is 50.5 Å². The molecule has 2 heterocycles. The van der Waals surface area contributed by atoms with Crippen molar-refractivity contribution in [3.8, 4) is 5.75 Å². The number of aryl methyl sites for hydroxylation is 1. The standard InChI is InChI=1S/C28H31F3N4O6S2/c1-17(2)20-7-5-19(6-8-20)15-33(4)25(36)23-16-34(27-32-18(3)24(42-27)26(37)38)13-14-35(23)43(39,40)22-11-9-21(10-12-22)41-28(29,30)31/h5-12,17,23H,13-16H2,1-4H3,(H,37,38). The number of anilines is 1. The molecule has 0 radical (unpaired) electrons. The fraction of sp³-hybridized carbons (Fsp3) is 0.393. The third-order valence-corrected chi connectivity index (χ3v) is 10.1. The first kappa shape index (κ1) is 32.2. The number of aromatic carboxylic acids is 1. The minimum absolute atomic E-state index is 0.0380. The quantitative estimate of drug-likeness (QED) is 0.357. The predicted octanol–water partition coefficient (Wildman–Crippen LogP) is 4.71. The number of amides is 1. The molecule has 0 saturated carbocycles. The second-order valence-electron chi connectivity index (χ2n) is 10.4. The van der Waals surface area contributed by atoms with Crippen molar-refractivity contribution in [3.63, 3.8) is 0 Å². The molecule has 1 aliphatic heterocycles. The van der Waals surface area contributed by atoms with Gasteiger partial charge >= 0.3 is 12.3 Å². The van der Waals surface area contributed by atoms with Gasteiger partial charge in [-0.25, -0.2) is 18.2 Å². The number of ether oxygens (including phenoxy) is 1. The number of aromatic nitrogens is 1. The zero-order valence-corrected chi connectivity index (χ0v) is 25.5. The summed E-state index contributed by atoms with van der Waals surface area (Å²) in [6.45, 7) is 5.71. The highest BCUT2D eigenvalue weighted by Gasteiger charge is 2.42. The summed E-state index contributed by atoms with van der Waals surface area (Å²) in [6.07, 6.45) is -4.94. The highest BCUT2D eigenvalue weighted by Crippen LogP contribution is 2.31. The van der Waals surface area contributed by atoms with Gasteiger partial charge in [-0.05, 0) is 48.2 Å². The van der Waals surface area contributed by atoms with E-state index in [1.165, 1.54) is 4.90 Å². The normalized spacial score (nSPS) is 16.4. The Morgan fingerprint density at radius 3 is 2.28 bits per heavy atom. The molecule has 0 aliphatic carbocycles. The Morgan fingerprint density at radius 1 is 1.12 bits per heavy atom. The van der Waals surface area contributed by atoms with Gasteiger partial charge in [-0.1, -0.05) is 49.4 Å². The molecule has 2 aromatic carbocycles. The van der Waals surface area contributed by atoms with Gasteiger partial charge in [0.2, 0.25) is 15.9 Å². The summed E-state index contributed by atoms with van der Waals surface area (Å²) in [5.41, 5.74) is 2.27. The molecule has 1 N–H and O–H groups in total. The van der Waals surface area contributed by atoms with Crippen molar-refractivity contribution in [1.82, 2.24) is 14.2 Å². The summed E-state index contributed by atoms with van der Waals surface area (Å²) in [4.78, 5) is 32.6. The number of carbonyl (C=O) groups is 2. The molecule has 1 amide bonds. The van der Waals surface area contributed by atoms with Crippen molar-refractivity contribution in [2.24, 2.45) is 0 Å². The Labute approximate surface area is 251 Å². The van der Waals surface area contributed by atoms with E-state index in [9.17, 15) is 36.3 Å². The Balaban J connectivity index is 1.64. The average molecular weight is 641 g/mol. The predicted molar refractivity (Wildman–Crippen MR) is 154 cm³/mol. The van der Waals surface area contributed by atoms with Gasteiger partial charge in [0.25, 0.3) is 0 Å². The van der Waals surface area contributed by atoms with Crippen LogP contribution >= 0.6 is 11.3 Å². The SMILES string of the molecule is Cc1nc(N2CCN(S(=O)(=O)c3ccc(OC(F)(F)F)cc3)C(C(=O)N(C)Cc3ccc(C(C)C)cc3)C2)sc1C(=O)O. The van der Waals surface area contributed by atoms with Gasteiger partial charge in [-0.15, -0.1) is 13.2 Å². The molecule has 232 valence electrons. The van der Waals surface area contributed by atoms with Gasteiger partial charge in [0.1, 0.15) is 16.7 Å². The van der Waals surface area contributed by atoms with Crippen LogP contribution in [-0.2, 0) is 21.4 Å². The summed E-state index contributed by atoms with van der Waals surface area (Å²) < 4.78 is 70.2. The van der Waals surface area contributed by atoms with Crippen LogP contribution in [0.25, 0.3) is 0 Å². The summed E-state index contributed by atoms with van der Waals surface area (Å²) in [5.74, 6) is -1.91. The molecule has 4 rings (SSSR count). The Bertz CT molecular complexity index is 1580. The smallest absolute Gasteiger partial charge is 0.477 e. The van der Waals surface area contributed by atoms with E-state index in [2.05, 4.69) is 23.6 Å². The minimum Gasteiger partial charge on any atom is -0.477 e. The van der Waals surface area contributed by atoms with Crippen LogP contribution in [0.1, 0.15) is 46.3 Å². The van der Waals surface area contributed by atoms with E-state index in [1.807, 2.05) is 24.3 Å². The van der Waals surface area contributed by atoms with Crippen LogP contribution in [0.4, 0.5) is 18.3 Å². The first-order chi connectivity index (χ1) is 20.1. The van der Waals surface area contributed by atoms with Gasteiger partial charge in [0, 0.05) is 33.2 Å². The number of alkyl halides is 3. The fourth-order valence-electron chi connectivity index (χ4n) is 4.71. The third kappa shape index (κ3) is 7.46. The molecule has 3 aromatic rings. The van der Waals surface area contributed by atoms with Crippen molar-refractivity contribution >= 4 is 38.4 Å². The van der Waals surface area contributed by atoms with Crippen LogP contribution < -0.4 is 9.64 Å². The average Bonchev–Trinajstić information content (AvgIpc) is 3.34. The lowest BCUT2D eigenvalue weighted by Crippen LogP contribution is -2.60. The van der Waals surface area contributed by atoms with Crippen molar-refractivity contribution in [3.05, 3.63) is 70.2 Å². The number of sulfonamides is 1. The Morgan fingerprint density at radius 2 is 1.74 bits per heavy atom. The summed E-state index contributed by atoms with van der Waals surface area (Å²) in [7, 11) is -2.79. The van der Waals surface area contributed by atoms with E-state index in [1.54, 1.807) is 18.9 Å². The van der Waals surface area contributed by atoms with E-state index < -0.39 is 40.1 Å².